The lowest BCUT2D eigenvalue weighted by Gasteiger charge is -2.17. The fraction of sp³-hybridized carbons (Fsp3) is 0.273. The summed E-state index contributed by atoms with van der Waals surface area (Å²) in [6.45, 7) is 1.27. The molecule has 3 atom stereocenters. The number of hydrogen-bond acceptors (Lipinski definition) is 8. The Morgan fingerprint density at radius 3 is 2.74 bits per heavy atom. The van der Waals surface area contributed by atoms with Gasteiger partial charge in [0.2, 0.25) is 5.88 Å². The van der Waals surface area contributed by atoms with Crippen molar-refractivity contribution in [1.29, 1.82) is 0 Å². The molecule has 2 fully saturated rings. The molecule has 0 amide bonds. The minimum absolute atomic E-state index is 0.00651. The number of ether oxygens (including phenoxy) is 3. The van der Waals surface area contributed by atoms with Gasteiger partial charge in [-0.3, -0.25) is 10.1 Å². The maximum atomic E-state index is 5.99. The lowest BCUT2D eigenvalue weighted by molar-refractivity contribution is 0.0289. The van der Waals surface area contributed by atoms with Crippen molar-refractivity contribution in [2.45, 2.75) is 24.7 Å². The highest BCUT2D eigenvalue weighted by Crippen LogP contribution is 2.29. The number of nitrogens with one attached hydrogen (secondary N) is 1. The number of pyridine rings is 2. The number of rotatable bonds is 5. The maximum absolute atomic E-state index is 5.99. The normalized spacial score (nSPS) is 22.5. The van der Waals surface area contributed by atoms with Crippen LogP contribution < -0.4 is 4.74 Å². The molecular weight excluding hydrogens is 414 g/mol. The number of fused-ring (bicyclic) bond motifs is 1. The summed E-state index contributed by atoms with van der Waals surface area (Å²) in [5.41, 5.74) is 3.61. The minimum Gasteiger partial charge on any atom is -0.469 e. The highest BCUT2D eigenvalue weighted by Gasteiger charge is 2.43. The third-order valence-electron chi connectivity index (χ3n) is 5.53. The van der Waals surface area contributed by atoms with Crippen LogP contribution >= 0.6 is 11.3 Å². The summed E-state index contributed by atoms with van der Waals surface area (Å²) in [5, 5.41) is 11.3. The molecule has 2 saturated heterocycles. The van der Waals surface area contributed by atoms with E-state index in [2.05, 4.69) is 25.1 Å². The zero-order valence-electron chi connectivity index (χ0n) is 16.5. The van der Waals surface area contributed by atoms with Gasteiger partial charge in [-0.1, -0.05) is 0 Å². The van der Waals surface area contributed by atoms with E-state index in [1.165, 1.54) is 0 Å². The molecule has 0 unspecified atom stereocenters. The topological polar surface area (TPSA) is 95.0 Å². The zero-order valence-corrected chi connectivity index (χ0v) is 17.3. The molecule has 6 heterocycles. The van der Waals surface area contributed by atoms with Gasteiger partial charge in [-0.15, -0.1) is 0 Å². The van der Waals surface area contributed by atoms with Gasteiger partial charge < -0.3 is 14.2 Å². The fourth-order valence-corrected chi connectivity index (χ4v) is 4.54. The van der Waals surface area contributed by atoms with E-state index in [9.17, 15) is 0 Å². The van der Waals surface area contributed by atoms with Gasteiger partial charge in [0, 0.05) is 47.1 Å². The summed E-state index contributed by atoms with van der Waals surface area (Å²) in [5.74, 6) is 1.93. The van der Waals surface area contributed by atoms with Gasteiger partial charge in [-0.05, 0) is 36.1 Å². The van der Waals surface area contributed by atoms with Crippen molar-refractivity contribution in [1.82, 2.24) is 25.1 Å². The second-order valence-corrected chi connectivity index (χ2v) is 8.27. The van der Waals surface area contributed by atoms with E-state index in [1.807, 2.05) is 41.1 Å². The summed E-state index contributed by atoms with van der Waals surface area (Å²) < 4.78 is 17.4. The number of nitrogens with zero attached hydrogens (tertiary/aromatic N) is 4. The molecule has 2 aliphatic rings. The first-order chi connectivity index (χ1) is 15.3. The second kappa shape index (κ2) is 7.84. The van der Waals surface area contributed by atoms with Crippen LogP contribution in [0.2, 0.25) is 0 Å². The molecule has 0 aromatic carbocycles. The summed E-state index contributed by atoms with van der Waals surface area (Å²) in [6.07, 6.45) is 4.53. The molecule has 0 spiro atoms. The highest BCUT2D eigenvalue weighted by atomic mass is 32.1. The number of hydrogen-bond donors (Lipinski definition) is 1. The first-order valence-electron chi connectivity index (χ1n) is 10.1. The molecule has 0 aliphatic carbocycles. The average molecular weight is 433 g/mol. The van der Waals surface area contributed by atoms with Crippen molar-refractivity contribution in [3.05, 3.63) is 53.5 Å². The molecule has 2 aliphatic heterocycles. The Kier molecular flexibility index (Phi) is 4.71. The van der Waals surface area contributed by atoms with Gasteiger partial charge in [0.1, 0.15) is 6.10 Å². The van der Waals surface area contributed by atoms with E-state index >= 15 is 0 Å². The van der Waals surface area contributed by atoms with Crippen LogP contribution in [-0.2, 0) is 9.47 Å². The quantitative estimate of drug-likeness (QED) is 0.514. The van der Waals surface area contributed by atoms with Crippen molar-refractivity contribution < 1.29 is 14.2 Å². The molecule has 9 heteroatoms. The average Bonchev–Trinajstić information content (AvgIpc) is 3.60. The lowest BCUT2D eigenvalue weighted by Crippen LogP contribution is -2.32. The first-order valence-corrected chi connectivity index (χ1v) is 11.1. The van der Waals surface area contributed by atoms with Crippen LogP contribution in [0.1, 0.15) is 6.42 Å². The molecular formula is C22H19N5O3S. The Labute approximate surface area is 182 Å². The molecule has 4 aromatic heterocycles. The lowest BCUT2D eigenvalue weighted by atomic mass is 10.1. The van der Waals surface area contributed by atoms with Crippen molar-refractivity contribution in [2.75, 3.05) is 13.2 Å². The Morgan fingerprint density at radius 2 is 1.94 bits per heavy atom. The van der Waals surface area contributed by atoms with Gasteiger partial charge in [-0.2, -0.15) is 16.4 Å². The van der Waals surface area contributed by atoms with Crippen LogP contribution in [0.25, 0.3) is 34.0 Å². The van der Waals surface area contributed by atoms with Gasteiger partial charge in [0.25, 0.3) is 0 Å². The third-order valence-corrected chi connectivity index (χ3v) is 6.21. The minimum atomic E-state index is -0.107. The SMILES string of the molecule is c1cc(-c2n[nH]c(-c3ccc(-c4ccc(O[C@H]5CO[C@@H]6CCO[C@H]56)nc4)nc3)n2)cs1. The molecule has 1 N–H and O–H groups in total. The van der Waals surface area contributed by atoms with E-state index in [4.69, 9.17) is 14.2 Å². The van der Waals surface area contributed by atoms with Gasteiger partial charge in [0.15, 0.2) is 17.8 Å². The number of aromatic nitrogens is 5. The Balaban J connectivity index is 1.15. The van der Waals surface area contributed by atoms with Crippen LogP contribution in [0.4, 0.5) is 0 Å². The Morgan fingerprint density at radius 1 is 1.00 bits per heavy atom. The van der Waals surface area contributed by atoms with E-state index < -0.39 is 0 Å². The smallest absolute Gasteiger partial charge is 0.213 e. The predicted octanol–water partition coefficient (Wildman–Crippen LogP) is 3.59. The van der Waals surface area contributed by atoms with E-state index in [0.29, 0.717) is 24.1 Å². The van der Waals surface area contributed by atoms with Gasteiger partial charge >= 0.3 is 0 Å². The van der Waals surface area contributed by atoms with Gasteiger partial charge in [0.05, 0.1) is 18.4 Å². The summed E-state index contributed by atoms with van der Waals surface area (Å²) in [7, 11) is 0. The molecule has 6 rings (SSSR count). The second-order valence-electron chi connectivity index (χ2n) is 7.49. The Hall–Kier alpha value is -3.14. The Bertz CT molecular complexity index is 1160. The highest BCUT2D eigenvalue weighted by molar-refractivity contribution is 7.08. The van der Waals surface area contributed by atoms with E-state index in [1.54, 1.807) is 23.7 Å². The van der Waals surface area contributed by atoms with E-state index in [-0.39, 0.29) is 18.3 Å². The largest absolute Gasteiger partial charge is 0.469 e. The van der Waals surface area contributed by atoms with E-state index in [0.717, 1.165) is 35.4 Å². The molecule has 31 heavy (non-hydrogen) atoms. The molecule has 0 saturated carbocycles. The zero-order chi connectivity index (χ0) is 20.6. The van der Waals surface area contributed by atoms with Crippen molar-refractivity contribution in [2.24, 2.45) is 0 Å². The van der Waals surface area contributed by atoms with Crippen LogP contribution in [0, 0.1) is 0 Å². The van der Waals surface area contributed by atoms with Crippen LogP contribution in [0.15, 0.2) is 53.5 Å². The fourth-order valence-electron chi connectivity index (χ4n) is 3.90. The predicted molar refractivity (Wildman–Crippen MR) is 115 cm³/mol. The van der Waals surface area contributed by atoms with Crippen molar-refractivity contribution in [3.8, 4) is 39.9 Å². The molecule has 4 aromatic rings. The van der Waals surface area contributed by atoms with Crippen molar-refractivity contribution >= 4 is 11.3 Å². The first kappa shape index (κ1) is 18.6. The summed E-state index contributed by atoms with van der Waals surface area (Å²) in [6, 6.07) is 9.73. The van der Waals surface area contributed by atoms with Crippen molar-refractivity contribution in [3.63, 3.8) is 0 Å². The van der Waals surface area contributed by atoms with Crippen LogP contribution in [0.3, 0.4) is 0 Å². The molecule has 0 radical (unpaired) electrons. The van der Waals surface area contributed by atoms with Gasteiger partial charge in [-0.25, -0.2) is 9.97 Å². The number of thiophene rings is 1. The molecule has 0 bridgehead atoms. The summed E-state index contributed by atoms with van der Waals surface area (Å²) in [4.78, 5) is 13.6. The van der Waals surface area contributed by atoms with Crippen LogP contribution in [-0.4, -0.2) is 56.7 Å². The monoisotopic (exact) mass is 433 g/mol. The molecule has 8 nitrogen and oxygen atoms in total. The standard InChI is InChI=1S/C22H19N5O3S/c1-3-16(23-10-14(1)21-25-22(27-26-21)15-6-8-31-12-15)13-2-4-19(24-9-13)30-18-11-29-17-5-7-28-20(17)18/h1-4,6,8-10,12,17-18,20H,5,7,11H2,(H,25,26,27)/t17-,18+,20+/m1/s1. The number of H-pyrrole nitrogens is 1. The summed E-state index contributed by atoms with van der Waals surface area (Å²) >= 11 is 1.62. The maximum Gasteiger partial charge on any atom is 0.213 e. The molecule has 156 valence electrons. The number of aromatic amines is 1. The third kappa shape index (κ3) is 3.60. The van der Waals surface area contributed by atoms with Crippen LogP contribution in [0.5, 0.6) is 5.88 Å².